The number of hydrogen-bond acceptors (Lipinski definition) is 4. The van der Waals surface area contributed by atoms with Crippen molar-refractivity contribution in [2.24, 2.45) is 0 Å². The lowest BCUT2D eigenvalue weighted by Crippen LogP contribution is -2.56. The van der Waals surface area contributed by atoms with Gasteiger partial charge < -0.3 is 10.2 Å². The molecule has 0 aliphatic carbocycles. The normalized spacial score (nSPS) is 12.3. The van der Waals surface area contributed by atoms with Crippen molar-refractivity contribution >= 4 is 62.3 Å². The van der Waals surface area contributed by atoms with E-state index in [0.717, 1.165) is 9.87 Å². The SMILES string of the molecule is Cc1c(Cl)cccc1N(CC(=O)N(Cc1ccc(Cl)cc1Cl)[C@@H](Cc1ccccc1)C(=O)NC(C)(C)C)S(=O)(=O)c1ccccc1. The van der Waals surface area contributed by atoms with Crippen LogP contribution in [-0.4, -0.2) is 43.3 Å². The highest BCUT2D eigenvalue weighted by molar-refractivity contribution is 7.92. The molecule has 0 saturated heterocycles. The van der Waals surface area contributed by atoms with Crippen LogP contribution >= 0.6 is 34.8 Å². The first-order valence-corrected chi connectivity index (χ1v) is 17.2. The van der Waals surface area contributed by atoms with E-state index < -0.39 is 40.0 Å². The number of amides is 2. The molecule has 0 heterocycles. The minimum Gasteiger partial charge on any atom is -0.350 e. The zero-order chi connectivity index (χ0) is 33.6. The lowest BCUT2D eigenvalue weighted by Gasteiger charge is -2.35. The fourth-order valence-corrected chi connectivity index (χ4v) is 7.07. The summed E-state index contributed by atoms with van der Waals surface area (Å²) < 4.78 is 29.4. The first kappa shape index (κ1) is 35.3. The fourth-order valence-electron chi connectivity index (χ4n) is 4.94. The molecule has 2 amide bonds. The Balaban J connectivity index is 1.86. The van der Waals surface area contributed by atoms with Crippen LogP contribution in [0.2, 0.25) is 15.1 Å². The van der Waals surface area contributed by atoms with Crippen LogP contribution in [0.15, 0.2) is 102 Å². The van der Waals surface area contributed by atoms with Crippen LogP contribution in [-0.2, 0) is 32.6 Å². The Kier molecular flexibility index (Phi) is 11.4. The van der Waals surface area contributed by atoms with Crippen LogP contribution in [0.3, 0.4) is 0 Å². The van der Waals surface area contributed by atoms with Gasteiger partial charge in [0, 0.05) is 33.6 Å². The molecule has 7 nitrogen and oxygen atoms in total. The minimum atomic E-state index is -4.26. The van der Waals surface area contributed by atoms with E-state index >= 15 is 0 Å². The Morgan fingerprint density at radius 2 is 1.46 bits per heavy atom. The van der Waals surface area contributed by atoms with Gasteiger partial charge in [0.1, 0.15) is 12.6 Å². The van der Waals surface area contributed by atoms with Gasteiger partial charge in [-0.15, -0.1) is 0 Å². The number of anilines is 1. The van der Waals surface area contributed by atoms with Crippen molar-refractivity contribution in [1.29, 1.82) is 0 Å². The number of hydrogen-bond donors (Lipinski definition) is 1. The maximum Gasteiger partial charge on any atom is 0.264 e. The Morgan fingerprint density at radius 1 is 0.826 bits per heavy atom. The van der Waals surface area contributed by atoms with E-state index in [-0.39, 0.29) is 23.5 Å². The van der Waals surface area contributed by atoms with Crippen molar-refractivity contribution < 1.29 is 18.0 Å². The van der Waals surface area contributed by atoms with Gasteiger partial charge in [-0.05, 0) is 80.8 Å². The highest BCUT2D eigenvalue weighted by Gasteiger charge is 2.36. The molecule has 1 atom stereocenters. The van der Waals surface area contributed by atoms with E-state index in [1.807, 2.05) is 51.1 Å². The average molecular weight is 701 g/mol. The quantitative estimate of drug-likeness (QED) is 0.174. The highest BCUT2D eigenvalue weighted by Crippen LogP contribution is 2.32. The van der Waals surface area contributed by atoms with Crippen LogP contribution in [0.25, 0.3) is 0 Å². The smallest absolute Gasteiger partial charge is 0.264 e. The molecule has 0 aliphatic heterocycles. The third-order valence-corrected chi connectivity index (χ3v) is 10.0. The van der Waals surface area contributed by atoms with Gasteiger partial charge >= 0.3 is 0 Å². The third-order valence-electron chi connectivity index (χ3n) is 7.24. The molecule has 0 saturated carbocycles. The highest BCUT2D eigenvalue weighted by atomic mass is 35.5. The summed E-state index contributed by atoms with van der Waals surface area (Å²) in [5.74, 6) is -1.01. The molecule has 0 bridgehead atoms. The molecule has 4 aromatic rings. The summed E-state index contributed by atoms with van der Waals surface area (Å²) >= 11 is 19.2. The molecule has 0 unspecified atom stereocenters. The molecule has 46 heavy (non-hydrogen) atoms. The van der Waals surface area contributed by atoms with E-state index in [1.54, 1.807) is 61.5 Å². The van der Waals surface area contributed by atoms with E-state index in [4.69, 9.17) is 34.8 Å². The van der Waals surface area contributed by atoms with Crippen LogP contribution in [0.1, 0.15) is 37.5 Å². The molecule has 0 spiro atoms. The third kappa shape index (κ3) is 8.82. The number of carbonyl (C=O) groups is 2. The molecule has 4 rings (SSSR count). The number of nitrogens with one attached hydrogen (secondary N) is 1. The summed E-state index contributed by atoms with van der Waals surface area (Å²) in [5, 5.41) is 4.06. The Morgan fingerprint density at radius 3 is 2.07 bits per heavy atom. The lowest BCUT2D eigenvalue weighted by molar-refractivity contribution is -0.140. The summed E-state index contributed by atoms with van der Waals surface area (Å²) in [5.41, 5.74) is 1.47. The summed E-state index contributed by atoms with van der Waals surface area (Å²) in [6.45, 7) is 6.54. The van der Waals surface area contributed by atoms with Gasteiger partial charge in [-0.1, -0.05) is 95.5 Å². The standard InChI is InChI=1S/C35H36Cl3N3O4S/c1-24-29(37)16-11-17-31(24)41(46(44,45)28-14-9-6-10-15-28)23-33(42)40(22-26-18-19-27(36)21-30(26)38)32(34(43)39-35(2,3)4)20-25-12-7-5-8-13-25/h5-19,21,32H,20,22-23H2,1-4H3,(H,39,43)/t32-/m0/s1. The topological polar surface area (TPSA) is 86.8 Å². The maximum atomic E-state index is 14.6. The lowest BCUT2D eigenvalue weighted by atomic mass is 10.0. The monoisotopic (exact) mass is 699 g/mol. The molecular weight excluding hydrogens is 665 g/mol. The molecular formula is C35H36Cl3N3O4S. The second-order valence-corrected chi connectivity index (χ2v) is 15.0. The molecule has 1 N–H and O–H groups in total. The van der Waals surface area contributed by atoms with Gasteiger partial charge in [-0.3, -0.25) is 13.9 Å². The second kappa shape index (κ2) is 14.9. The van der Waals surface area contributed by atoms with Gasteiger partial charge in [0.15, 0.2) is 0 Å². The molecule has 4 aromatic carbocycles. The van der Waals surface area contributed by atoms with Crippen molar-refractivity contribution in [2.75, 3.05) is 10.8 Å². The summed E-state index contributed by atoms with van der Waals surface area (Å²) in [6, 6.07) is 25.9. The summed E-state index contributed by atoms with van der Waals surface area (Å²) in [4.78, 5) is 30.0. The number of benzene rings is 4. The number of halogens is 3. The van der Waals surface area contributed by atoms with Crippen LogP contribution in [0.4, 0.5) is 5.69 Å². The van der Waals surface area contributed by atoms with Crippen molar-refractivity contribution in [1.82, 2.24) is 10.2 Å². The van der Waals surface area contributed by atoms with Crippen LogP contribution in [0, 0.1) is 6.92 Å². The predicted octanol–water partition coefficient (Wildman–Crippen LogP) is 7.71. The zero-order valence-electron chi connectivity index (χ0n) is 26.0. The van der Waals surface area contributed by atoms with E-state index in [9.17, 15) is 18.0 Å². The fraction of sp³-hybridized carbons (Fsp3) is 0.257. The Bertz CT molecular complexity index is 1800. The largest absolute Gasteiger partial charge is 0.350 e. The van der Waals surface area contributed by atoms with Crippen LogP contribution < -0.4 is 9.62 Å². The van der Waals surface area contributed by atoms with Gasteiger partial charge in [0.2, 0.25) is 11.8 Å². The van der Waals surface area contributed by atoms with E-state index in [1.165, 1.54) is 17.0 Å². The number of sulfonamides is 1. The van der Waals surface area contributed by atoms with Gasteiger partial charge in [0.25, 0.3) is 10.0 Å². The van der Waals surface area contributed by atoms with Crippen LogP contribution in [0.5, 0.6) is 0 Å². The second-order valence-electron chi connectivity index (χ2n) is 11.9. The first-order valence-electron chi connectivity index (χ1n) is 14.6. The number of rotatable bonds is 11. The zero-order valence-corrected chi connectivity index (χ0v) is 29.1. The van der Waals surface area contributed by atoms with Crippen molar-refractivity contribution in [3.05, 3.63) is 129 Å². The Hall–Kier alpha value is -3.56. The van der Waals surface area contributed by atoms with Crippen molar-refractivity contribution in [3.8, 4) is 0 Å². The predicted molar refractivity (Wildman–Crippen MR) is 186 cm³/mol. The van der Waals surface area contributed by atoms with Gasteiger partial charge in [-0.2, -0.15) is 0 Å². The molecule has 0 aromatic heterocycles. The van der Waals surface area contributed by atoms with Gasteiger partial charge in [-0.25, -0.2) is 8.42 Å². The van der Waals surface area contributed by atoms with Gasteiger partial charge in [0.05, 0.1) is 10.6 Å². The summed E-state index contributed by atoms with van der Waals surface area (Å²) in [6.07, 6.45) is 0.168. The molecule has 11 heteroatoms. The molecule has 242 valence electrons. The number of nitrogens with zero attached hydrogens (tertiary/aromatic N) is 2. The Labute approximate surface area is 286 Å². The first-order chi connectivity index (χ1) is 21.7. The van der Waals surface area contributed by atoms with E-state index in [0.29, 0.717) is 26.2 Å². The minimum absolute atomic E-state index is 0.000724. The van der Waals surface area contributed by atoms with Crippen molar-refractivity contribution in [2.45, 2.75) is 57.1 Å². The molecule has 0 radical (unpaired) electrons. The maximum absolute atomic E-state index is 14.6. The van der Waals surface area contributed by atoms with Crippen molar-refractivity contribution in [3.63, 3.8) is 0 Å². The molecule has 0 aliphatic rings. The summed E-state index contributed by atoms with van der Waals surface area (Å²) in [7, 11) is -4.26. The number of carbonyl (C=O) groups excluding carboxylic acids is 2. The molecule has 0 fully saturated rings. The average Bonchev–Trinajstić information content (AvgIpc) is 3.00. The van der Waals surface area contributed by atoms with E-state index in [2.05, 4.69) is 5.32 Å².